The van der Waals surface area contributed by atoms with E-state index in [-0.39, 0.29) is 0 Å². The molecule has 0 N–H and O–H groups in total. The maximum Gasteiger partial charge on any atom is -0.0318 e. The molecule has 0 heterocycles. The third kappa shape index (κ3) is 0.842. The fourth-order valence-electron chi connectivity index (χ4n) is 7.60. The van der Waals surface area contributed by atoms with Crippen LogP contribution in [-0.4, -0.2) is 0 Å². The average Bonchev–Trinajstić information content (AvgIpc) is 2.98. The minimum absolute atomic E-state index is 1.21. The first-order chi connectivity index (χ1) is 7.95. The summed E-state index contributed by atoms with van der Waals surface area (Å²) in [6.45, 7) is 0. The van der Waals surface area contributed by atoms with Crippen LogP contribution >= 0.6 is 0 Å². The van der Waals surface area contributed by atoms with Gasteiger partial charge in [-0.3, -0.25) is 0 Å². The molecule has 0 radical (unpaired) electrons. The van der Waals surface area contributed by atoms with E-state index in [1.165, 1.54) is 47.3 Å². The number of fused-ring (bicyclic) bond motifs is 6. The Balaban J connectivity index is 1.61. The Labute approximate surface area is 99.2 Å². The van der Waals surface area contributed by atoms with Crippen molar-refractivity contribution in [2.45, 2.75) is 51.4 Å². The molecule has 6 unspecified atom stereocenters. The van der Waals surface area contributed by atoms with E-state index >= 15 is 0 Å². The highest BCUT2D eigenvalue weighted by Gasteiger charge is 2.65. The zero-order chi connectivity index (χ0) is 10.3. The van der Waals surface area contributed by atoms with E-state index in [2.05, 4.69) is 0 Å². The van der Waals surface area contributed by atoms with Gasteiger partial charge in [0.2, 0.25) is 0 Å². The van der Waals surface area contributed by atoms with E-state index in [0.717, 1.165) is 0 Å². The normalized spacial score (nSPS) is 66.0. The highest BCUT2D eigenvalue weighted by molar-refractivity contribution is 5.13. The number of hydrogen-bond acceptors (Lipinski definition) is 0. The molecule has 0 nitrogen and oxygen atoms in total. The summed E-state index contributed by atoms with van der Waals surface area (Å²) in [7, 11) is 0. The van der Waals surface area contributed by atoms with Gasteiger partial charge in [0.25, 0.3) is 0 Å². The van der Waals surface area contributed by atoms with Crippen LogP contribution in [0, 0.1) is 47.3 Å². The van der Waals surface area contributed by atoms with Crippen LogP contribution in [-0.2, 0) is 0 Å². The van der Waals surface area contributed by atoms with Crippen molar-refractivity contribution in [3.8, 4) is 0 Å². The van der Waals surface area contributed by atoms with Gasteiger partial charge in [-0.2, -0.15) is 0 Å². The second-order valence-corrected chi connectivity index (χ2v) is 7.58. The predicted molar refractivity (Wildman–Crippen MR) is 64.9 cm³/mol. The standard InChI is InChI=1S/C16H24/c1-3-9-11(5-1)15-12-6-2-4-10(12)14-8-7-13(9)16(14)15/h9-16H,1-8H2. The lowest BCUT2D eigenvalue weighted by atomic mass is 9.81. The Morgan fingerprint density at radius 3 is 1.25 bits per heavy atom. The largest absolute Gasteiger partial charge is 0.0527 e. The van der Waals surface area contributed by atoms with Gasteiger partial charge in [0, 0.05) is 0 Å². The maximum absolute atomic E-state index is 1.64. The van der Waals surface area contributed by atoms with Gasteiger partial charge in [-0.15, -0.1) is 0 Å². The Kier molecular flexibility index (Phi) is 1.61. The molecule has 0 heteroatoms. The molecular weight excluding hydrogens is 192 g/mol. The first kappa shape index (κ1) is 9.00. The van der Waals surface area contributed by atoms with Gasteiger partial charge in [0.15, 0.2) is 0 Å². The van der Waals surface area contributed by atoms with E-state index in [1.54, 1.807) is 51.4 Å². The quantitative estimate of drug-likeness (QED) is 0.572. The van der Waals surface area contributed by atoms with E-state index in [9.17, 15) is 0 Å². The lowest BCUT2D eigenvalue weighted by molar-refractivity contribution is 0.241. The van der Waals surface area contributed by atoms with Crippen molar-refractivity contribution in [1.29, 1.82) is 0 Å². The van der Waals surface area contributed by atoms with Crippen molar-refractivity contribution in [2.75, 3.05) is 0 Å². The maximum atomic E-state index is 1.64. The first-order valence-corrected chi connectivity index (χ1v) is 7.95. The van der Waals surface area contributed by atoms with Crippen LogP contribution in [0.4, 0.5) is 0 Å². The molecule has 0 aromatic carbocycles. The summed E-state index contributed by atoms with van der Waals surface area (Å²) in [6, 6.07) is 0. The molecular formula is C16H24. The minimum atomic E-state index is 1.21. The molecule has 0 spiro atoms. The average molecular weight is 216 g/mol. The van der Waals surface area contributed by atoms with E-state index < -0.39 is 0 Å². The number of hydrogen-bond donors (Lipinski definition) is 0. The van der Waals surface area contributed by atoms with Crippen LogP contribution < -0.4 is 0 Å². The summed E-state index contributed by atoms with van der Waals surface area (Å²) in [5, 5.41) is 0. The van der Waals surface area contributed by atoms with Gasteiger partial charge in [0.05, 0.1) is 0 Å². The van der Waals surface area contributed by atoms with Crippen molar-refractivity contribution in [2.24, 2.45) is 47.3 Å². The van der Waals surface area contributed by atoms with E-state index in [1.807, 2.05) is 0 Å². The highest BCUT2D eigenvalue weighted by atomic mass is 14.7. The van der Waals surface area contributed by atoms with Crippen LogP contribution in [0.3, 0.4) is 0 Å². The third-order valence-corrected chi connectivity index (χ3v) is 7.60. The summed E-state index contributed by atoms with van der Waals surface area (Å²) in [6.07, 6.45) is 12.9. The van der Waals surface area contributed by atoms with Crippen LogP contribution in [0.2, 0.25) is 0 Å². The summed E-state index contributed by atoms with van der Waals surface area (Å²) in [4.78, 5) is 0. The SMILES string of the molecule is C1CC2C(C1)C1C3CCCC3C3CCC2C31. The fraction of sp³-hybridized carbons (Fsp3) is 1.00. The highest BCUT2D eigenvalue weighted by Crippen LogP contribution is 2.72. The Morgan fingerprint density at radius 1 is 0.375 bits per heavy atom. The molecule has 5 saturated carbocycles. The molecule has 5 fully saturated rings. The van der Waals surface area contributed by atoms with Gasteiger partial charge in [-0.1, -0.05) is 12.8 Å². The minimum Gasteiger partial charge on any atom is -0.0527 e. The molecule has 5 aliphatic carbocycles. The van der Waals surface area contributed by atoms with Crippen molar-refractivity contribution in [3.63, 3.8) is 0 Å². The lowest BCUT2D eigenvalue weighted by Gasteiger charge is -2.24. The van der Waals surface area contributed by atoms with Gasteiger partial charge in [-0.25, -0.2) is 0 Å². The van der Waals surface area contributed by atoms with Crippen LogP contribution in [0.5, 0.6) is 0 Å². The molecule has 0 bridgehead atoms. The van der Waals surface area contributed by atoms with Crippen molar-refractivity contribution >= 4 is 0 Å². The summed E-state index contributed by atoms with van der Waals surface area (Å²) in [5.74, 6) is 9.75. The Morgan fingerprint density at radius 2 is 0.750 bits per heavy atom. The molecule has 0 saturated heterocycles. The molecule has 5 aliphatic rings. The van der Waals surface area contributed by atoms with E-state index in [4.69, 9.17) is 0 Å². The Hall–Kier alpha value is 0. The monoisotopic (exact) mass is 216 g/mol. The zero-order valence-corrected chi connectivity index (χ0v) is 10.3. The molecule has 0 aromatic heterocycles. The molecule has 88 valence electrons. The molecule has 16 heavy (non-hydrogen) atoms. The fourth-order valence-corrected chi connectivity index (χ4v) is 7.60. The van der Waals surface area contributed by atoms with Crippen LogP contribution in [0.25, 0.3) is 0 Å². The number of rotatable bonds is 0. The topological polar surface area (TPSA) is 0 Å². The predicted octanol–water partition coefficient (Wildman–Crippen LogP) is 4.10. The lowest BCUT2D eigenvalue weighted by Crippen LogP contribution is -2.18. The Bertz CT molecular complexity index is 290. The smallest absolute Gasteiger partial charge is 0.0318 e. The molecule has 0 aliphatic heterocycles. The third-order valence-electron chi connectivity index (χ3n) is 7.60. The zero-order valence-electron chi connectivity index (χ0n) is 10.3. The molecule has 0 aromatic rings. The molecule has 0 amide bonds. The van der Waals surface area contributed by atoms with Crippen molar-refractivity contribution in [1.82, 2.24) is 0 Å². The van der Waals surface area contributed by atoms with Gasteiger partial charge in [0.1, 0.15) is 0 Å². The van der Waals surface area contributed by atoms with Gasteiger partial charge < -0.3 is 0 Å². The van der Waals surface area contributed by atoms with Crippen LogP contribution in [0.15, 0.2) is 0 Å². The summed E-state index contributed by atoms with van der Waals surface area (Å²) >= 11 is 0. The van der Waals surface area contributed by atoms with Crippen molar-refractivity contribution in [3.05, 3.63) is 0 Å². The summed E-state index contributed by atoms with van der Waals surface area (Å²) in [5.41, 5.74) is 0. The van der Waals surface area contributed by atoms with Crippen LogP contribution in [0.1, 0.15) is 51.4 Å². The first-order valence-electron chi connectivity index (χ1n) is 7.95. The summed E-state index contributed by atoms with van der Waals surface area (Å²) < 4.78 is 0. The second-order valence-electron chi connectivity index (χ2n) is 7.58. The van der Waals surface area contributed by atoms with Gasteiger partial charge in [-0.05, 0) is 85.9 Å². The van der Waals surface area contributed by atoms with E-state index in [0.29, 0.717) is 0 Å². The molecule has 5 rings (SSSR count). The van der Waals surface area contributed by atoms with Gasteiger partial charge >= 0.3 is 0 Å². The second kappa shape index (κ2) is 2.87. The molecule has 6 atom stereocenters. The van der Waals surface area contributed by atoms with Crippen molar-refractivity contribution < 1.29 is 0 Å².